The van der Waals surface area contributed by atoms with Crippen LogP contribution in [0.25, 0.3) is 11.2 Å². The third-order valence-corrected chi connectivity index (χ3v) is 6.81. The topological polar surface area (TPSA) is 120 Å². The Labute approximate surface area is 246 Å². The van der Waals surface area contributed by atoms with E-state index in [-0.39, 0.29) is 36.1 Å². The van der Waals surface area contributed by atoms with Crippen molar-refractivity contribution in [2.24, 2.45) is 0 Å². The van der Waals surface area contributed by atoms with E-state index in [2.05, 4.69) is 5.32 Å². The molecule has 9 nitrogen and oxygen atoms in total. The molecule has 0 aliphatic rings. The number of aliphatic hydroxyl groups excluding tert-OH is 1. The third kappa shape index (κ3) is 7.75. The lowest BCUT2D eigenvalue weighted by Gasteiger charge is -2.14. The number of nitrogens with two attached hydrogens (primary N) is 1. The van der Waals surface area contributed by atoms with Gasteiger partial charge in [0.15, 0.2) is 11.2 Å². The Bertz CT molecular complexity index is 1470. The Hall–Kier alpha value is -3.11. The number of nitrogens with zero attached hydrogens (tertiary/aromatic N) is 4. The first-order valence-electron chi connectivity index (χ1n) is 13.4. The van der Waals surface area contributed by atoms with Crippen molar-refractivity contribution in [2.75, 3.05) is 18.8 Å². The summed E-state index contributed by atoms with van der Waals surface area (Å²) in [5, 5.41) is 13.2. The molecular weight excluding hydrogens is 551 g/mol. The van der Waals surface area contributed by atoms with E-state index in [1.807, 2.05) is 73.0 Å². The fourth-order valence-corrected chi connectivity index (χ4v) is 4.64. The summed E-state index contributed by atoms with van der Waals surface area (Å²) in [4.78, 5) is 32.1. The predicted octanol–water partition coefficient (Wildman–Crippen LogP) is 3.39. The van der Waals surface area contributed by atoms with Crippen molar-refractivity contribution in [3.63, 3.8) is 0 Å². The number of fused-ring (bicyclic) bond motifs is 1. The number of aryl methyl sites for hydroxylation is 2. The number of halogens is 2. The smallest absolute Gasteiger partial charge is 0.332 e. The maximum absolute atomic E-state index is 13.7. The van der Waals surface area contributed by atoms with Crippen molar-refractivity contribution in [3.05, 3.63) is 92.4 Å². The zero-order valence-electron chi connectivity index (χ0n) is 23.1. The lowest BCUT2D eigenvalue weighted by molar-refractivity contribution is 0.167. The van der Waals surface area contributed by atoms with E-state index in [0.29, 0.717) is 75.3 Å². The van der Waals surface area contributed by atoms with Crippen molar-refractivity contribution in [1.29, 1.82) is 0 Å². The van der Waals surface area contributed by atoms with Crippen LogP contribution in [0.5, 0.6) is 0 Å². The minimum Gasteiger partial charge on any atom is -0.399 e. The highest BCUT2D eigenvalue weighted by atomic mass is 35.5. The lowest BCUT2D eigenvalue weighted by atomic mass is 10.1. The molecule has 4 N–H and O–H groups in total. The molecule has 0 aliphatic carbocycles. The molecule has 1 unspecified atom stereocenters. The molecule has 0 fully saturated rings. The summed E-state index contributed by atoms with van der Waals surface area (Å²) < 4.78 is 4.92. The fraction of sp³-hybridized carbons (Fsp3) is 0.414. The van der Waals surface area contributed by atoms with Crippen LogP contribution in [0.15, 0.2) is 64.2 Å². The van der Waals surface area contributed by atoms with Crippen LogP contribution in [-0.2, 0) is 32.5 Å². The molecule has 11 heteroatoms. The van der Waals surface area contributed by atoms with Gasteiger partial charge in [0.05, 0.1) is 6.10 Å². The number of benzene rings is 2. The van der Waals surface area contributed by atoms with E-state index in [1.165, 1.54) is 4.57 Å². The summed E-state index contributed by atoms with van der Waals surface area (Å²) >= 11 is 0. The minimum absolute atomic E-state index is 0. The van der Waals surface area contributed by atoms with E-state index >= 15 is 0 Å². The summed E-state index contributed by atoms with van der Waals surface area (Å²) in [6, 6.07) is 17.6. The van der Waals surface area contributed by atoms with Gasteiger partial charge in [0.1, 0.15) is 5.82 Å². The summed E-state index contributed by atoms with van der Waals surface area (Å²) in [6.45, 7) is 6.16. The normalized spacial score (nSPS) is 11.7. The first-order chi connectivity index (χ1) is 18.4. The van der Waals surface area contributed by atoms with Crippen molar-refractivity contribution < 1.29 is 5.11 Å². The number of nitrogen functional groups attached to an aromatic ring is 1. The molecule has 2 aromatic carbocycles. The van der Waals surface area contributed by atoms with Crippen molar-refractivity contribution in [2.45, 2.75) is 65.3 Å². The van der Waals surface area contributed by atoms with Crippen LogP contribution >= 0.6 is 24.8 Å². The summed E-state index contributed by atoms with van der Waals surface area (Å²) in [5.41, 5.74) is 8.87. The van der Waals surface area contributed by atoms with E-state index < -0.39 is 6.10 Å². The van der Waals surface area contributed by atoms with E-state index in [4.69, 9.17) is 10.7 Å². The SMILES string of the molecule is CCCn1c(=O)c2c(nc(Cc3ccccc3)n2CCNCC(O)CC)n(CCc2ccc(N)cc2)c1=O.Cl.Cl. The Morgan fingerprint density at radius 2 is 1.60 bits per heavy atom. The predicted molar refractivity (Wildman–Crippen MR) is 166 cm³/mol. The molecule has 4 aromatic rings. The van der Waals surface area contributed by atoms with Crippen LogP contribution in [0, 0.1) is 0 Å². The van der Waals surface area contributed by atoms with Crippen molar-refractivity contribution in [3.8, 4) is 0 Å². The monoisotopic (exact) mass is 590 g/mol. The van der Waals surface area contributed by atoms with Crippen LogP contribution < -0.4 is 22.3 Å². The summed E-state index contributed by atoms with van der Waals surface area (Å²) in [7, 11) is 0. The van der Waals surface area contributed by atoms with Gasteiger partial charge in [-0.05, 0) is 42.5 Å². The second-order valence-corrected chi connectivity index (χ2v) is 9.66. The average molecular weight is 592 g/mol. The molecule has 0 radical (unpaired) electrons. The second-order valence-electron chi connectivity index (χ2n) is 9.66. The first-order valence-corrected chi connectivity index (χ1v) is 13.4. The van der Waals surface area contributed by atoms with Gasteiger partial charge in [0.25, 0.3) is 5.56 Å². The molecule has 0 aliphatic heterocycles. The number of hydrogen-bond donors (Lipinski definition) is 3. The van der Waals surface area contributed by atoms with Gasteiger partial charge in [-0.25, -0.2) is 9.78 Å². The number of aliphatic hydroxyl groups is 1. The summed E-state index contributed by atoms with van der Waals surface area (Å²) in [5.74, 6) is 0.732. The molecule has 1 atom stereocenters. The van der Waals surface area contributed by atoms with Crippen molar-refractivity contribution >= 4 is 41.7 Å². The molecule has 0 saturated heterocycles. The van der Waals surface area contributed by atoms with Crippen LogP contribution in [0.1, 0.15) is 43.6 Å². The van der Waals surface area contributed by atoms with Gasteiger partial charge in [-0.1, -0.05) is 56.3 Å². The highest BCUT2D eigenvalue weighted by Gasteiger charge is 2.21. The molecule has 40 heavy (non-hydrogen) atoms. The van der Waals surface area contributed by atoms with Crippen molar-refractivity contribution in [1.82, 2.24) is 24.0 Å². The van der Waals surface area contributed by atoms with E-state index in [0.717, 1.165) is 17.0 Å². The molecule has 218 valence electrons. The van der Waals surface area contributed by atoms with Gasteiger partial charge in [0, 0.05) is 44.8 Å². The van der Waals surface area contributed by atoms with Gasteiger partial charge >= 0.3 is 5.69 Å². The average Bonchev–Trinajstić information content (AvgIpc) is 3.28. The second kappa shape index (κ2) is 15.6. The molecule has 0 bridgehead atoms. The van der Waals surface area contributed by atoms with Crippen LogP contribution in [0.2, 0.25) is 0 Å². The molecule has 0 spiro atoms. The van der Waals surface area contributed by atoms with Gasteiger partial charge in [0.2, 0.25) is 0 Å². The number of imidazole rings is 1. The molecule has 2 aromatic heterocycles. The third-order valence-electron chi connectivity index (χ3n) is 6.81. The Balaban J connectivity index is 0.00000280. The Morgan fingerprint density at radius 3 is 2.25 bits per heavy atom. The maximum atomic E-state index is 13.7. The number of hydrogen-bond acceptors (Lipinski definition) is 6. The quantitative estimate of drug-likeness (QED) is 0.162. The maximum Gasteiger partial charge on any atom is 0.332 e. The largest absolute Gasteiger partial charge is 0.399 e. The van der Waals surface area contributed by atoms with Crippen LogP contribution in [-0.4, -0.2) is 43.0 Å². The number of aromatic nitrogens is 4. The molecule has 0 saturated carbocycles. The first kappa shape index (κ1) is 33.1. The van der Waals surface area contributed by atoms with E-state index in [9.17, 15) is 14.7 Å². The number of anilines is 1. The van der Waals surface area contributed by atoms with Gasteiger partial charge in [-0.3, -0.25) is 13.9 Å². The van der Waals surface area contributed by atoms with Gasteiger partial charge < -0.3 is 20.7 Å². The minimum atomic E-state index is -0.418. The molecule has 0 amide bonds. The molecule has 4 rings (SSSR count). The zero-order chi connectivity index (χ0) is 27.1. The standard InChI is InChI=1S/C29H38N6O3.2ClH/c1-3-16-35-28(37)26-27(34(29(35)38)17-14-21-10-12-23(30)13-11-21)32-25(19-22-8-6-5-7-9-22)33(26)18-15-31-20-24(36)4-2;;/h5-13,24,31,36H,3-4,14-20,30H2,1-2H3;2*1H. The highest BCUT2D eigenvalue weighted by Crippen LogP contribution is 2.17. The lowest BCUT2D eigenvalue weighted by Crippen LogP contribution is -2.41. The van der Waals surface area contributed by atoms with Gasteiger partial charge in [-0.2, -0.15) is 0 Å². The highest BCUT2D eigenvalue weighted by molar-refractivity contribution is 5.85. The fourth-order valence-electron chi connectivity index (χ4n) is 4.64. The molecular formula is C29H40Cl2N6O3. The van der Waals surface area contributed by atoms with Crippen LogP contribution in [0.3, 0.4) is 0 Å². The Morgan fingerprint density at radius 1 is 0.900 bits per heavy atom. The summed E-state index contributed by atoms with van der Waals surface area (Å²) in [6.07, 6.45) is 2.06. The number of rotatable bonds is 13. The molecule has 2 heterocycles. The van der Waals surface area contributed by atoms with Crippen LogP contribution in [0.4, 0.5) is 5.69 Å². The Kier molecular flexibility index (Phi) is 12.9. The number of nitrogens with one attached hydrogen (secondary N) is 1. The zero-order valence-corrected chi connectivity index (χ0v) is 24.7. The van der Waals surface area contributed by atoms with Gasteiger partial charge in [-0.15, -0.1) is 24.8 Å². The van der Waals surface area contributed by atoms with E-state index in [1.54, 1.807) is 4.57 Å².